The van der Waals surface area contributed by atoms with Crippen molar-refractivity contribution in [2.24, 2.45) is 0 Å². The van der Waals surface area contributed by atoms with Crippen LogP contribution in [0.25, 0.3) is 0 Å². The molecule has 0 aliphatic carbocycles. The van der Waals surface area contributed by atoms with Crippen LogP contribution in [0.3, 0.4) is 0 Å². The summed E-state index contributed by atoms with van der Waals surface area (Å²) in [5.74, 6) is 1.13. The minimum atomic E-state index is -0.845. The van der Waals surface area contributed by atoms with Gasteiger partial charge in [0.1, 0.15) is 30.5 Å². The molecule has 24 heavy (non-hydrogen) atoms. The molecule has 0 radical (unpaired) electrons. The van der Waals surface area contributed by atoms with E-state index in [0.717, 1.165) is 5.56 Å². The highest BCUT2D eigenvalue weighted by Gasteiger charge is 2.08. The van der Waals surface area contributed by atoms with Crippen molar-refractivity contribution >= 4 is 17.6 Å². The van der Waals surface area contributed by atoms with E-state index >= 15 is 0 Å². The summed E-state index contributed by atoms with van der Waals surface area (Å²) in [5, 5.41) is 9.48. The van der Waals surface area contributed by atoms with Gasteiger partial charge in [-0.15, -0.1) is 0 Å². The monoisotopic (exact) mass is 350 g/mol. The second-order valence-corrected chi connectivity index (χ2v) is 5.45. The van der Waals surface area contributed by atoms with E-state index in [4.69, 9.17) is 30.9 Å². The predicted octanol–water partition coefficient (Wildman–Crippen LogP) is 3.82. The first-order valence-corrected chi connectivity index (χ1v) is 7.86. The fourth-order valence-electron chi connectivity index (χ4n) is 2.09. The smallest absolute Gasteiger partial charge is 0.303 e. The molecule has 0 aliphatic rings. The number of hydrogen-bond donors (Lipinski definition) is 1. The maximum absolute atomic E-state index is 10.8. The largest absolute Gasteiger partial charge is 0.497 e. The van der Waals surface area contributed by atoms with Crippen LogP contribution >= 0.6 is 11.6 Å². The van der Waals surface area contributed by atoms with Gasteiger partial charge >= 0.3 is 5.97 Å². The zero-order valence-electron chi connectivity index (χ0n) is 13.3. The van der Waals surface area contributed by atoms with Gasteiger partial charge in [-0.1, -0.05) is 17.7 Å². The molecule has 0 bridgehead atoms. The third-order valence-electron chi connectivity index (χ3n) is 3.31. The summed E-state index contributed by atoms with van der Waals surface area (Å²) in [6.45, 7) is 0.688. The van der Waals surface area contributed by atoms with Gasteiger partial charge in [0.05, 0.1) is 7.11 Å². The molecule has 0 unspecified atom stereocenters. The van der Waals surface area contributed by atoms with Gasteiger partial charge in [0, 0.05) is 17.5 Å². The Morgan fingerprint density at radius 2 is 1.71 bits per heavy atom. The topological polar surface area (TPSA) is 65.0 Å². The molecule has 0 aliphatic heterocycles. The molecule has 2 aromatic carbocycles. The minimum Gasteiger partial charge on any atom is -0.497 e. The van der Waals surface area contributed by atoms with Crippen molar-refractivity contribution in [1.82, 2.24) is 0 Å². The zero-order valence-corrected chi connectivity index (χ0v) is 14.1. The summed E-state index contributed by atoms with van der Waals surface area (Å²) >= 11 is 5.82. The quantitative estimate of drug-likeness (QED) is 0.696. The number of aliphatic carboxylic acids is 1. The van der Waals surface area contributed by atoms with Crippen LogP contribution in [-0.4, -0.2) is 31.4 Å². The number of ether oxygens (including phenoxy) is 3. The van der Waals surface area contributed by atoms with Crippen LogP contribution < -0.4 is 14.2 Å². The van der Waals surface area contributed by atoms with Gasteiger partial charge in [0.25, 0.3) is 0 Å². The van der Waals surface area contributed by atoms with Crippen LogP contribution in [0.2, 0.25) is 5.02 Å². The Hall–Kier alpha value is -2.40. The van der Waals surface area contributed by atoms with Crippen LogP contribution in [0, 0.1) is 0 Å². The molecule has 5 nitrogen and oxygen atoms in total. The number of hydrogen-bond acceptors (Lipinski definition) is 4. The van der Waals surface area contributed by atoms with Crippen molar-refractivity contribution < 1.29 is 24.1 Å². The Balaban J connectivity index is 1.91. The summed E-state index contributed by atoms with van der Waals surface area (Å²) in [6, 6.07) is 12.4. The number of carboxylic acid groups (broad SMARTS) is 1. The van der Waals surface area contributed by atoms with Gasteiger partial charge in [0.15, 0.2) is 0 Å². The lowest BCUT2D eigenvalue weighted by atomic mass is 10.1. The SMILES string of the molecule is COc1ccc(CCC(=O)O)c(OCCOc2ccc(Cl)cc2)c1. The van der Waals surface area contributed by atoms with E-state index in [2.05, 4.69) is 0 Å². The summed E-state index contributed by atoms with van der Waals surface area (Å²) in [5.41, 5.74) is 0.824. The number of aryl methyl sites for hydroxylation is 1. The van der Waals surface area contributed by atoms with E-state index < -0.39 is 5.97 Å². The molecule has 0 aromatic heterocycles. The van der Waals surface area contributed by atoms with Crippen LogP contribution in [0.4, 0.5) is 0 Å². The van der Waals surface area contributed by atoms with Crippen LogP contribution in [0.15, 0.2) is 42.5 Å². The molecule has 0 fully saturated rings. The first-order chi connectivity index (χ1) is 11.6. The summed E-state index contributed by atoms with van der Waals surface area (Å²) in [6.07, 6.45) is 0.441. The molecule has 0 spiro atoms. The maximum Gasteiger partial charge on any atom is 0.303 e. The molecule has 2 aromatic rings. The number of carbonyl (C=O) groups is 1. The van der Waals surface area contributed by atoms with Gasteiger partial charge in [-0.3, -0.25) is 4.79 Å². The van der Waals surface area contributed by atoms with E-state index in [9.17, 15) is 4.79 Å². The number of halogens is 1. The second kappa shape index (κ2) is 9.03. The fraction of sp³-hybridized carbons (Fsp3) is 0.278. The number of methoxy groups -OCH3 is 1. The standard InChI is InChI=1S/C18H19ClO5/c1-22-16-6-2-13(3-9-18(20)21)17(12-16)24-11-10-23-15-7-4-14(19)5-8-15/h2,4-8,12H,3,9-11H2,1H3,(H,20,21). The average Bonchev–Trinajstić information content (AvgIpc) is 2.58. The third kappa shape index (κ3) is 5.66. The van der Waals surface area contributed by atoms with Crippen molar-refractivity contribution in [3.8, 4) is 17.2 Å². The first kappa shape index (κ1) is 17.9. The molecule has 6 heteroatoms. The first-order valence-electron chi connectivity index (χ1n) is 7.48. The zero-order chi connectivity index (χ0) is 17.4. The highest BCUT2D eigenvalue weighted by atomic mass is 35.5. The summed E-state index contributed by atoms with van der Waals surface area (Å²) in [4.78, 5) is 10.8. The summed E-state index contributed by atoms with van der Waals surface area (Å²) < 4.78 is 16.5. The van der Waals surface area contributed by atoms with E-state index in [0.29, 0.717) is 41.9 Å². The van der Waals surface area contributed by atoms with Crippen LogP contribution in [0.5, 0.6) is 17.2 Å². The Kier molecular flexibility index (Phi) is 6.75. The Bertz CT molecular complexity index is 670. The normalized spacial score (nSPS) is 10.2. The predicted molar refractivity (Wildman–Crippen MR) is 91.4 cm³/mol. The fourth-order valence-corrected chi connectivity index (χ4v) is 2.21. The Morgan fingerprint density at radius 3 is 2.38 bits per heavy atom. The Labute approximate surface area is 145 Å². The van der Waals surface area contributed by atoms with Gasteiger partial charge in [0.2, 0.25) is 0 Å². The summed E-state index contributed by atoms with van der Waals surface area (Å²) in [7, 11) is 1.57. The second-order valence-electron chi connectivity index (χ2n) is 5.02. The molecule has 2 rings (SSSR count). The van der Waals surface area contributed by atoms with E-state index in [-0.39, 0.29) is 6.42 Å². The van der Waals surface area contributed by atoms with E-state index in [1.54, 1.807) is 43.5 Å². The lowest BCUT2D eigenvalue weighted by Gasteiger charge is -2.13. The van der Waals surface area contributed by atoms with Gasteiger partial charge < -0.3 is 19.3 Å². The van der Waals surface area contributed by atoms with Gasteiger partial charge in [-0.05, 0) is 42.3 Å². The van der Waals surface area contributed by atoms with Crippen molar-refractivity contribution in [2.75, 3.05) is 20.3 Å². The van der Waals surface area contributed by atoms with Crippen LogP contribution in [-0.2, 0) is 11.2 Å². The van der Waals surface area contributed by atoms with E-state index in [1.807, 2.05) is 6.07 Å². The van der Waals surface area contributed by atoms with E-state index in [1.165, 1.54) is 0 Å². The Morgan fingerprint density at radius 1 is 1.04 bits per heavy atom. The molecule has 0 saturated heterocycles. The highest BCUT2D eigenvalue weighted by Crippen LogP contribution is 2.26. The lowest BCUT2D eigenvalue weighted by Crippen LogP contribution is -2.10. The van der Waals surface area contributed by atoms with Crippen molar-refractivity contribution in [3.05, 3.63) is 53.1 Å². The third-order valence-corrected chi connectivity index (χ3v) is 3.56. The number of benzene rings is 2. The van der Waals surface area contributed by atoms with Gasteiger partial charge in [-0.25, -0.2) is 0 Å². The van der Waals surface area contributed by atoms with Crippen molar-refractivity contribution in [2.45, 2.75) is 12.8 Å². The highest BCUT2D eigenvalue weighted by molar-refractivity contribution is 6.30. The molecular weight excluding hydrogens is 332 g/mol. The van der Waals surface area contributed by atoms with Gasteiger partial charge in [-0.2, -0.15) is 0 Å². The minimum absolute atomic E-state index is 0.0456. The van der Waals surface area contributed by atoms with Crippen molar-refractivity contribution in [3.63, 3.8) is 0 Å². The number of rotatable bonds is 9. The molecule has 0 atom stereocenters. The molecule has 1 N–H and O–H groups in total. The maximum atomic E-state index is 10.8. The molecule has 0 amide bonds. The lowest BCUT2D eigenvalue weighted by molar-refractivity contribution is -0.136. The molecular formula is C18H19ClO5. The molecule has 0 saturated carbocycles. The molecule has 128 valence electrons. The van der Waals surface area contributed by atoms with Crippen LogP contribution in [0.1, 0.15) is 12.0 Å². The number of carboxylic acids is 1. The average molecular weight is 351 g/mol. The van der Waals surface area contributed by atoms with Crippen molar-refractivity contribution in [1.29, 1.82) is 0 Å². The molecule has 0 heterocycles.